The van der Waals surface area contributed by atoms with Crippen molar-refractivity contribution in [3.8, 4) is 0 Å². The first-order valence-corrected chi connectivity index (χ1v) is 8.03. The predicted octanol–water partition coefficient (Wildman–Crippen LogP) is 0.767. The van der Waals surface area contributed by atoms with Gasteiger partial charge in [-0.05, 0) is 30.5 Å². The Kier molecular flexibility index (Phi) is 5.00. The van der Waals surface area contributed by atoms with Gasteiger partial charge in [-0.2, -0.15) is 0 Å². The van der Waals surface area contributed by atoms with Gasteiger partial charge >= 0.3 is 0 Å². The van der Waals surface area contributed by atoms with Crippen LogP contribution in [0.25, 0.3) is 0 Å². The van der Waals surface area contributed by atoms with E-state index in [1.807, 2.05) is 17.0 Å². The van der Waals surface area contributed by atoms with E-state index in [1.54, 1.807) is 30.9 Å². The van der Waals surface area contributed by atoms with Gasteiger partial charge in [0, 0.05) is 51.0 Å². The van der Waals surface area contributed by atoms with Gasteiger partial charge in [-0.1, -0.05) is 6.07 Å². The van der Waals surface area contributed by atoms with Gasteiger partial charge in [-0.15, -0.1) is 0 Å². The Morgan fingerprint density at radius 1 is 1.29 bits per heavy atom. The fourth-order valence-corrected chi connectivity index (χ4v) is 3.09. The van der Waals surface area contributed by atoms with Crippen LogP contribution in [0.15, 0.2) is 43.0 Å². The Labute approximate surface area is 140 Å². The maximum atomic E-state index is 12.8. The summed E-state index contributed by atoms with van der Waals surface area (Å²) in [5.74, 6) is 0.580. The van der Waals surface area contributed by atoms with Gasteiger partial charge in [-0.25, -0.2) is 9.97 Å². The molecule has 0 saturated carbocycles. The van der Waals surface area contributed by atoms with Crippen molar-refractivity contribution in [1.29, 1.82) is 0 Å². The summed E-state index contributed by atoms with van der Waals surface area (Å²) in [7, 11) is 0. The molecule has 1 fully saturated rings. The van der Waals surface area contributed by atoms with Crippen molar-refractivity contribution < 1.29 is 9.90 Å². The lowest BCUT2D eigenvalue weighted by molar-refractivity contribution is -0.131. The number of hydrogen-bond acceptors (Lipinski definition) is 6. The summed E-state index contributed by atoms with van der Waals surface area (Å²) in [6.45, 7) is 1.62. The van der Waals surface area contributed by atoms with Gasteiger partial charge in [0.2, 0.25) is 11.9 Å². The van der Waals surface area contributed by atoms with Crippen LogP contribution in [0.5, 0.6) is 0 Å². The van der Waals surface area contributed by atoms with E-state index < -0.39 is 5.41 Å². The van der Waals surface area contributed by atoms with Gasteiger partial charge in [0.05, 0.1) is 5.41 Å². The normalized spacial score (nSPS) is 20.1. The van der Waals surface area contributed by atoms with E-state index in [4.69, 9.17) is 0 Å². The van der Waals surface area contributed by atoms with Crippen molar-refractivity contribution in [2.24, 2.45) is 5.41 Å². The Hall–Kier alpha value is -2.54. The number of hydrogen-bond donors (Lipinski definition) is 2. The van der Waals surface area contributed by atoms with Crippen LogP contribution in [0.2, 0.25) is 0 Å². The minimum atomic E-state index is -0.615. The van der Waals surface area contributed by atoms with Crippen molar-refractivity contribution in [2.45, 2.75) is 19.4 Å². The first kappa shape index (κ1) is 16.3. The highest BCUT2D eigenvalue weighted by molar-refractivity contribution is 5.84. The minimum Gasteiger partial charge on any atom is -0.396 e. The number of aliphatic hydroxyl groups excluding tert-OH is 1. The SMILES string of the molecule is O=C(NCc1cccnc1)C1(CCO)CCN(c2ncccn2)C1. The summed E-state index contributed by atoms with van der Waals surface area (Å²) in [4.78, 5) is 27.3. The number of nitrogens with one attached hydrogen (secondary N) is 1. The van der Waals surface area contributed by atoms with E-state index in [0.717, 1.165) is 5.56 Å². The van der Waals surface area contributed by atoms with Gasteiger partial charge in [0.25, 0.3) is 0 Å². The molecule has 3 heterocycles. The van der Waals surface area contributed by atoms with E-state index >= 15 is 0 Å². The second-order valence-corrected chi connectivity index (χ2v) is 6.02. The number of carbonyl (C=O) groups is 1. The van der Waals surface area contributed by atoms with Gasteiger partial charge in [0.1, 0.15) is 0 Å². The van der Waals surface area contributed by atoms with Crippen LogP contribution in [-0.4, -0.2) is 45.7 Å². The quantitative estimate of drug-likeness (QED) is 0.814. The van der Waals surface area contributed by atoms with Crippen LogP contribution in [0.1, 0.15) is 18.4 Å². The molecule has 2 aromatic heterocycles. The number of nitrogens with zero attached hydrogens (tertiary/aromatic N) is 4. The molecule has 1 aliphatic heterocycles. The van der Waals surface area contributed by atoms with Crippen LogP contribution in [0.3, 0.4) is 0 Å². The van der Waals surface area contributed by atoms with Crippen molar-refractivity contribution in [3.63, 3.8) is 0 Å². The van der Waals surface area contributed by atoms with Gasteiger partial charge in [0.15, 0.2) is 0 Å². The van der Waals surface area contributed by atoms with Crippen LogP contribution in [-0.2, 0) is 11.3 Å². The first-order chi connectivity index (χ1) is 11.7. The number of anilines is 1. The van der Waals surface area contributed by atoms with Gasteiger partial charge < -0.3 is 15.3 Å². The Morgan fingerprint density at radius 2 is 2.12 bits per heavy atom. The molecule has 7 nitrogen and oxygen atoms in total. The third-order valence-electron chi connectivity index (χ3n) is 4.44. The molecule has 1 amide bonds. The summed E-state index contributed by atoms with van der Waals surface area (Å²) in [5, 5.41) is 12.4. The smallest absolute Gasteiger partial charge is 0.228 e. The van der Waals surface area contributed by atoms with Crippen molar-refractivity contribution >= 4 is 11.9 Å². The molecule has 1 atom stereocenters. The molecule has 2 N–H and O–H groups in total. The predicted molar refractivity (Wildman–Crippen MR) is 89.1 cm³/mol. The monoisotopic (exact) mass is 327 g/mol. The van der Waals surface area contributed by atoms with Crippen molar-refractivity contribution in [3.05, 3.63) is 48.5 Å². The van der Waals surface area contributed by atoms with E-state index in [2.05, 4.69) is 20.3 Å². The average molecular weight is 327 g/mol. The molecular formula is C17H21N5O2. The summed E-state index contributed by atoms with van der Waals surface area (Å²) < 4.78 is 0. The van der Waals surface area contributed by atoms with Crippen molar-refractivity contribution in [1.82, 2.24) is 20.3 Å². The molecule has 0 bridgehead atoms. The second kappa shape index (κ2) is 7.35. The van der Waals surface area contributed by atoms with Gasteiger partial charge in [-0.3, -0.25) is 9.78 Å². The Morgan fingerprint density at radius 3 is 2.83 bits per heavy atom. The fraction of sp³-hybridized carbons (Fsp3) is 0.412. The third-order valence-corrected chi connectivity index (χ3v) is 4.44. The zero-order chi connectivity index (χ0) is 16.8. The largest absolute Gasteiger partial charge is 0.396 e. The van der Waals surface area contributed by atoms with Crippen LogP contribution < -0.4 is 10.2 Å². The summed E-state index contributed by atoms with van der Waals surface area (Å²) in [5.41, 5.74) is 0.335. The number of rotatable bonds is 6. The molecule has 24 heavy (non-hydrogen) atoms. The fourth-order valence-electron chi connectivity index (χ4n) is 3.09. The molecular weight excluding hydrogens is 306 g/mol. The molecule has 0 aromatic carbocycles. The average Bonchev–Trinajstić information content (AvgIpc) is 3.07. The molecule has 1 aliphatic rings. The zero-order valence-corrected chi connectivity index (χ0v) is 13.4. The third kappa shape index (κ3) is 3.51. The maximum absolute atomic E-state index is 12.8. The summed E-state index contributed by atoms with van der Waals surface area (Å²) >= 11 is 0. The van der Waals surface area contributed by atoms with E-state index in [0.29, 0.717) is 38.4 Å². The number of carbonyl (C=O) groups excluding carboxylic acids is 1. The van der Waals surface area contributed by atoms with Crippen molar-refractivity contribution in [2.75, 3.05) is 24.6 Å². The van der Waals surface area contributed by atoms with E-state index in [9.17, 15) is 9.90 Å². The number of amides is 1. The molecule has 1 unspecified atom stereocenters. The van der Waals surface area contributed by atoms with E-state index in [1.165, 1.54) is 0 Å². The molecule has 0 aliphatic carbocycles. The number of aromatic nitrogens is 3. The highest BCUT2D eigenvalue weighted by Gasteiger charge is 2.44. The topological polar surface area (TPSA) is 91.2 Å². The minimum absolute atomic E-state index is 0.0240. The van der Waals surface area contributed by atoms with Crippen LogP contribution >= 0.6 is 0 Å². The lowest BCUT2D eigenvalue weighted by Crippen LogP contribution is -2.43. The highest BCUT2D eigenvalue weighted by atomic mass is 16.3. The van der Waals surface area contributed by atoms with Crippen LogP contribution in [0.4, 0.5) is 5.95 Å². The molecule has 7 heteroatoms. The molecule has 126 valence electrons. The number of pyridine rings is 1. The molecule has 1 saturated heterocycles. The molecule has 2 aromatic rings. The lowest BCUT2D eigenvalue weighted by Gasteiger charge is -2.27. The Balaban J connectivity index is 1.68. The lowest BCUT2D eigenvalue weighted by atomic mass is 9.82. The molecule has 0 radical (unpaired) electrons. The zero-order valence-electron chi connectivity index (χ0n) is 13.4. The van der Waals surface area contributed by atoms with E-state index in [-0.39, 0.29) is 12.5 Å². The Bertz CT molecular complexity index is 667. The second-order valence-electron chi connectivity index (χ2n) is 6.02. The first-order valence-electron chi connectivity index (χ1n) is 8.03. The number of aliphatic hydroxyl groups is 1. The molecule has 0 spiro atoms. The summed E-state index contributed by atoms with van der Waals surface area (Å²) in [6, 6.07) is 5.53. The molecule has 3 rings (SSSR count). The summed E-state index contributed by atoms with van der Waals surface area (Å²) in [6.07, 6.45) is 7.92. The highest BCUT2D eigenvalue weighted by Crippen LogP contribution is 2.35. The van der Waals surface area contributed by atoms with Crippen LogP contribution in [0, 0.1) is 5.41 Å². The standard InChI is InChI=1S/C17H21N5O2/c23-10-5-17(15(24)21-12-14-3-1-6-18-11-14)4-9-22(13-17)16-19-7-2-8-20-16/h1-3,6-8,11,23H,4-5,9-10,12-13H2,(H,21,24). The maximum Gasteiger partial charge on any atom is 0.228 e.